The van der Waals surface area contributed by atoms with Crippen molar-refractivity contribution in [3.8, 4) is 34.2 Å². The van der Waals surface area contributed by atoms with E-state index in [0.29, 0.717) is 0 Å². The first-order chi connectivity index (χ1) is 17.9. The molecule has 6 aromatic rings. The molecule has 0 aliphatic carbocycles. The zero-order valence-electron chi connectivity index (χ0n) is 20.6. The molecule has 0 radical (unpaired) electrons. The fourth-order valence-electron chi connectivity index (χ4n) is 3.09. The maximum Gasteiger partial charge on any atom is 2.00 e. The van der Waals surface area contributed by atoms with Crippen LogP contribution in [0.5, 0.6) is 0 Å². The van der Waals surface area contributed by atoms with Gasteiger partial charge in [0.25, 0.3) is 0 Å². The molecule has 0 N–H and O–H groups in total. The summed E-state index contributed by atoms with van der Waals surface area (Å²) in [5.74, 6) is 0. The molecule has 9 heteroatoms. The summed E-state index contributed by atoms with van der Waals surface area (Å²) in [7, 11) is 0. The molecule has 0 amide bonds. The molecule has 0 saturated heterocycles. The minimum Gasteiger partial charge on any atom is -1.00 e. The van der Waals surface area contributed by atoms with Gasteiger partial charge in [-0.15, -0.1) is 0 Å². The third kappa shape index (κ3) is 11.6. The number of aromatic nitrogens is 6. The van der Waals surface area contributed by atoms with Crippen LogP contribution in [0.25, 0.3) is 34.2 Å². The molecular weight excluding hydrogens is 757 g/mol. The van der Waals surface area contributed by atoms with E-state index in [9.17, 15) is 0 Å². The third-order valence-corrected chi connectivity index (χ3v) is 4.78. The first kappa shape index (κ1) is 33.9. The number of hydrogen-bond acceptors (Lipinski definition) is 6. The largest absolute Gasteiger partial charge is 2.00 e. The fourth-order valence-corrected chi connectivity index (χ4v) is 3.09. The molecule has 0 bridgehead atoms. The van der Waals surface area contributed by atoms with Crippen LogP contribution in [-0.4, -0.2) is 29.9 Å². The van der Waals surface area contributed by atoms with Crippen LogP contribution in [0.1, 0.15) is 0 Å². The molecular formula is C30H24I2N6Ni. The second-order valence-corrected chi connectivity index (χ2v) is 7.29. The minimum atomic E-state index is 0. The van der Waals surface area contributed by atoms with Crippen molar-refractivity contribution in [2.45, 2.75) is 0 Å². The van der Waals surface area contributed by atoms with E-state index in [4.69, 9.17) is 0 Å². The van der Waals surface area contributed by atoms with Crippen LogP contribution in [0.15, 0.2) is 146 Å². The van der Waals surface area contributed by atoms with Crippen molar-refractivity contribution in [2.75, 3.05) is 0 Å². The molecule has 0 fully saturated rings. The Morgan fingerprint density at radius 3 is 0.513 bits per heavy atom. The van der Waals surface area contributed by atoms with Gasteiger partial charge >= 0.3 is 16.5 Å². The van der Waals surface area contributed by atoms with Crippen molar-refractivity contribution in [3.05, 3.63) is 146 Å². The Morgan fingerprint density at radius 1 is 0.256 bits per heavy atom. The Bertz CT molecular complexity index is 1110. The van der Waals surface area contributed by atoms with Crippen LogP contribution < -0.4 is 48.0 Å². The monoisotopic (exact) mass is 780 g/mol. The van der Waals surface area contributed by atoms with Crippen molar-refractivity contribution < 1.29 is 64.4 Å². The first-order valence-corrected chi connectivity index (χ1v) is 11.4. The molecule has 6 nitrogen and oxygen atoms in total. The van der Waals surface area contributed by atoms with Gasteiger partial charge < -0.3 is 48.0 Å². The molecule has 39 heavy (non-hydrogen) atoms. The van der Waals surface area contributed by atoms with Crippen LogP contribution in [0.3, 0.4) is 0 Å². The summed E-state index contributed by atoms with van der Waals surface area (Å²) in [6, 6.07) is 34.8. The Hall–Kier alpha value is -3.15. The zero-order chi connectivity index (χ0) is 24.7. The molecule has 0 spiro atoms. The van der Waals surface area contributed by atoms with E-state index in [1.165, 1.54) is 0 Å². The number of halogens is 2. The van der Waals surface area contributed by atoms with Gasteiger partial charge in [0.15, 0.2) is 0 Å². The molecule has 6 aromatic heterocycles. The molecule has 0 aliphatic rings. The molecule has 0 saturated carbocycles. The Kier molecular flexibility index (Phi) is 17.2. The van der Waals surface area contributed by atoms with Gasteiger partial charge in [0.05, 0.1) is 34.2 Å². The molecule has 6 rings (SSSR count). The Morgan fingerprint density at radius 2 is 0.410 bits per heavy atom. The normalized spacial score (nSPS) is 8.92. The minimum absolute atomic E-state index is 0. The van der Waals surface area contributed by atoms with Crippen molar-refractivity contribution >= 4 is 0 Å². The second-order valence-electron chi connectivity index (χ2n) is 7.29. The third-order valence-electron chi connectivity index (χ3n) is 4.78. The van der Waals surface area contributed by atoms with Gasteiger partial charge in [-0.25, -0.2) is 0 Å². The summed E-state index contributed by atoms with van der Waals surface area (Å²) in [6.07, 6.45) is 10.6. The van der Waals surface area contributed by atoms with Crippen LogP contribution in [0.4, 0.5) is 0 Å². The average molecular weight is 781 g/mol. The summed E-state index contributed by atoms with van der Waals surface area (Å²) in [5, 5.41) is 0. The van der Waals surface area contributed by atoms with Crippen LogP contribution >= 0.6 is 0 Å². The zero-order valence-corrected chi connectivity index (χ0v) is 25.9. The van der Waals surface area contributed by atoms with Gasteiger partial charge in [-0.3, -0.25) is 29.9 Å². The summed E-state index contributed by atoms with van der Waals surface area (Å²) in [6.45, 7) is 0. The van der Waals surface area contributed by atoms with Crippen LogP contribution in [0.2, 0.25) is 0 Å². The van der Waals surface area contributed by atoms with Gasteiger partial charge in [-0.05, 0) is 72.8 Å². The second kappa shape index (κ2) is 19.9. The van der Waals surface area contributed by atoms with E-state index in [2.05, 4.69) is 29.9 Å². The van der Waals surface area contributed by atoms with Crippen LogP contribution in [0, 0.1) is 0 Å². The van der Waals surface area contributed by atoms with E-state index >= 15 is 0 Å². The quantitative estimate of drug-likeness (QED) is 0.192. The maximum atomic E-state index is 4.19. The number of nitrogens with zero attached hydrogens (tertiary/aromatic N) is 6. The van der Waals surface area contributed by atoms with Gasteiger partial charge in [-0.1, -0.05) is 36.4 Å². The number of rotatable bonds is 3. The maximum absolute atomic E-state index is 4.19. The summed E-state index contributed by atoms with van der Waals surface area (Å²) in [4.78, 5) is 25.1. The predicted octanol–water partition coefficient (Wildman–Crippen LogP) is 0.436. The van der Waals surface area contributed by atoms with Crippen molar-refractivity contribution in [3.63, 3.8) is 0 Å². The average Bonchev–Trinajstić information content (AvgIpc) is 3.01. The van der Waals surface area contributed by atoms with Gasteiger partial charge in [0, 0.05) is 37.2 Å². The van der Waals surface area contributed by atoms with Crippen molar-refractivity contribution in [2.24, 2.45) is 0 Å². The van der Waals surface area contributed by atoms with E-state index in [1.807, 2.05) is 109 Å². The van der Waals surface area contributed by atoms with Gasteiger partial charge in [-0.2, -0.15) is 0 Å². The standard InChI is InChI=1S/3C10H8N2.2HI.Ni/c3*1-3-7-11-9(5-1)10-6-2-4-8-12-10;;;/h3*1-8H;2*1H;/q;;;;;+2/p-2. The van der Waals surface area contributed by atoms with E-state index < -0.39 is 0 Å². The van der Waals surface area contributed by atoms with E-state index in [-0.39, 0.29) is 64.4 Å². The number of hydrogen-bond donors (Lipinski definition) is 0. The SMILES string of the molecule is [I-].[I-].[Ni+2].c1ccc(-c2ccccn2)nc1.c1ccc(-c2ccccn2)nc1.c1ccc(-c2ccccn2)nc1. The predicted molar refractivity (Wildman–Crippen MR) is 142 cm³/mol. The van der Waals surface area contributed by atoms with E-state index in [1.54, 1.807) is 37.2 Å². The summed E-state index contributed by atoms with van der Waals surface area (Å²) in [5.41, 5.74) is 5.49. The molecule has 0 aromatic carbocycles. The van der Waals surface area contributed by atoms with Crippen molar-refractivity contribution in [1.29, 1.82) is 0 Å². The molecule has 198 valence electrons. The first-order valence-electron chi connectivity index (χ1n) is 11.4. The molecule has 0 aliphatic heterocycles. The van der Waals surface area contributed by atoms with Crippen LogP contribution in [-0.2, 0) is 16.5 Å². The Balaban J connectivity index is 0.000000282. The fraction of sp³-hybridized carbons (Fsp3) is 0. The summed E-state index contributed by atoms with van der Waals surface area (Å²) < 4.78 is 0. The Labute approximate surface area is 272 Å². The molecule has 6 heterocycles. The number of pyridine rings is 6. The topological polar surface area (TPSA) is 77.3 Å². The summed E-state index contributed by atoms with van der Waals surface area (Å²) >= 11 is 0. The smallest absolute Gasteiger partial charge is 1.00 e. The van der Waals surface area contributed by atoms with Crippen molar-refractivity contribution in [1.82, 2.24) is 29.9 Å². The van der Waals surface area contributed by atoms with E-state index in [0.717, 1.165) is 34.2 Å². The van der Waals surface area contributed by atoms with Gasteiger partial charge in [0.2, 0.25) is 0 Å². The van der Waals surface area contributed by atoms with Gasteiger partial charge in [0.1, 0.15) is 0 Å². The molecule has 0 atom stereocenters. The molecule has 0 unspecified atom stereocenters.